The van der Waals surface area contributed by atoms with Gasteiger partial charge in [0.2, 0.25) is 5.88 Å². The van der Waals surface area contributed by atoms with Crippen molar-refractivity contribution in [2.24, 2.45) is 13.0 Å². The van der Waals surface area contributed by atoms with Gasteiger partial charge in [0.05, 0.1) is 11.1 Å². The first kappa shape index (κ1) is 22.2. The maximum absolute atomic E-state index is 13.3. The number of ether oxygens (including phenoxy) is 1. The monoisotopic (exact) mass is 461 g/mol. The van der Waals surface area contributed by atoms with E-state index in [2.05, 4.69) is 34.3 Å². The van der Waals surface area contributed by atoms with E-state index in [-0.39, 0.29) is 17.6 Å². The summed E-state index contributed by atoms with van der Waals surface area (Å²) in [4.78, 5) is 17.3. The Bertz CT molecular complexity index is 1360. The smallest absolute Gasteiger partial charge is 0.278 e. The number of halogens is 2. The summed E-state index contributed by atoms with van der Waals surface area (Å²) in [5.74, 6) is -3.31. The average molecular weight is 462 g/mol. The van der Waals surface area contributed by atoms with Crippen LogP contribution < -0.4 is 4.74 Å². The van der Waals surface area contributed by atoms with Crippen molar-refractivity contribution in [1.82, 2.24) is 14.8 Å². The molecule has 174 valence electrons. The summed E-state index contributed by atoms with van der Waals surface area (Å²) in [6.07, 6.45) is 5.48. The van der Waals surface area contributed by atoms with Crippen LogP contribution in [0, 0.1) is 5.92 Å². The van der Waals surface area contributed by atoms with Gasteiger partial charge in [-0.05, 0) is 59.7 Å². The third-order valence-corrected chi connectivity index (χ3v) is 6.23. The molecule has 0 saturated carbocycles. The third-order valence-electron chi connectivity index (χ3n) is 6.23. The Morgan fingerprint density at radius 1 is 1.12 bits per heavy atom. The van der Waals surface area contributed by atoms with Gasteiger partial charge in [0, 0.05) is 37.7 Å². The fraction of sp³-hybridized carbons (Fsp3) is 0.296. The van der Waals surface area contributed by atoms with Crippen LogP contribution in [-0.2, 0) is 19.9 Å². The van der Waals surface area contributed by atoms with E-state index in [4.69, 9.17) is 4.74 Å². The van der Waals surface area contributed by atoms with Crippen molar-refractivity contribution in [2.75, 3.05) is 6.61 Å². The van der Waals surface area contributed by atoms with Crippen molar-refractivity contribution in [3.8, 4) is 17.0 Å². The molecule has 0 spiro atoms. The number of hydrogen-bond acceptors (Lipinski definition) is 4. The van der Waals surface area contributed by atoms with E-state index in [0.29, 0.717) is 24.8 Å². The van der Waals surface area contributed by atoms with Crippen LogP contribution in [0.2, 0.25) is 0 Å². The number of carbonyl (C=O) groups is 1. The second-order valence-corrected chi connectivity index (χ2v) is 9.09. The van der Waals surface area contributed by atoms with Gasteiger partial charge >= 0.3 is 0 Å². The Morgan fingerprint density at radius 3 is 2.65 bits per heavy atom. The first-order valence-corrected chi connectivity index (χ1v) is 11.3. The Morgan fingerprint density at radius 2 is 1.88 bits per heavy atom. The maximum atomic E-state index is 13.3. The fourth-order valence-corrected chi connectivity index (χ4v) is 4.56. The molecule has 2 aromatic carbocycles. The van der Waals surface area contributed by atoms with E-state index in [9.17, 15) is 13.6 Å². The van der Waals surface area contributed by atoms with Crippen molar-refractivity contribution >= 4 is 16.7 Å². The molecule has 5 nitrogen and oxygen atoms in total. The van der Waals surface area contributed by atoms with E-state index < -0.39 is 12.5 Å². The zero-order valence-electron chi connectivity index (χ0n) is 19.1. The van der Waals surface area contributed by atoms with Crippen LogP contribution in [0.5, 0.6) is 5.88 Å². The predicted molar refractivity (Wildman–Crippen MR) is 126 cm³/mol. The number of rotatable bonds is 6. The highest BCUT2D eigenvalue weighted by atomic mass is 19.3. The van der Waals surface area contributed by atoms with E-state index in [1.807, 2.05) is 31.4 Å². The number of pyridine rings is 1. The SMILES string of the molecule is Cn1cc2cc(-c3ccc(CC4CCc5ccnc(OCC(C)(F)F)c5C4=O)cc3)ccc2n1. The number of alkyl halides is 2. The minimum absolute atomic E-state index is 0.00914. The number of fused-ring (bicyclic) bond motifs is 2. The highest BCUT2D eigenvalue weighted by molar-refractivity contribution is 6.02. The quantitative estimate of drug-likeness (QED) is 0.372. The van der Waals surface area contributed by atoms with E-state index in [1.165, 1.54) is 6.20 Å². The molecule has 0 saturated heterocycles. The van der Waals surface area contributed by atoms with Gasteiger partial charge < -0.3 is 4.74 Å². The van der Waals surface area contributed by atoms with E-state index in [0.717, 1.165) is 40.1 Å². The molecule has 0 N–H and O–H groups in total. The van der Waals surface area contributed by atoms with Crippen LogP contribution in [0.1, 0.15) is 34.8 Å². The Labute approximate surface area is 196 Å². The molecule has 0 bridgehead atoms. The Hall–Kier alpha value is -3.61. The summed E-state index contributed by atoms with van der Waals surface area (Å²) in [5, 5.41) is 5.50. The van der Waals surface area contributed by atoms with Gasteiger partial charge in [-0.15, -0.1) is 0 Å². The highest BCUT2D eigenvalue weighted by Crippen LogP contribution is 2.33. The number of carbonyl (C=O) groups excluding carboxylic acids is 1. The summed E-state index contributed by atoms with van der Waals surface area (Å²) in [5.41, 5.74) is 5.38. The molecule has 34 heavy (non-hydrogen) atoms. The number of nitrogens with zero attached hydrogens (tertiary/aromatic N) is 3. The fourth-order valence-electron chi connectivity index (χ4n) is 4.56. The first-order valence-electron chi connectivity index (χ1n) is 11.3. The summed E-state index contributed by atoms with van der Waals surface area (Å²) < 4.78 is 33.6. The van der Waals surface area contributed by atoms with E-state index in [1.54, 1.807) is 10.7 Å². The predicted octanol–water partition coefficient (Wildman–Crippen LogP) is 5.66. The lowest BCUT2D eigenvalue weighted by molar-refractivity contribution is -0.0245. The highest BCUT2D eigenvalue weighted by Gasteiger charge is 2.32. The average Bonchev–Trinajstić information content (AvgIpc) is 3.18. The van der Waals surface area contributed by atoms with Crippen LogP contribution in [0.3, 0.4) is 0 Å². The van der Waals surface area contributed by atoms with Crippen molar-refractivity contribution in [3.05, 3.63) is 77.6 Å². The molecule has 0 fully saturated rings. The van der Waals surface area contributed by atoms with Gasteiger partial charge in [-0.3, -0.25) is 9.48 Å². The Balaban J connectivity index is 1.33. The number of aryl methyl sites for hydroxylation is 2. The molecule has 0 amide bonds. The molecular weight excluding hydrogens is 436 g/mol. The van der Waals surface area contributed by atoms with Crippen LogP contribution in [0.25, 0.3) is 22.0 Å². The molecule has 1 aliphatic carbocycles. The molecule has 7 heteroatoms. The van der Waals surface area contributed by atoms with Gasteiger partial charge in [0.15, 0.2) is 12.4 Å². The third kappa shape index (κ3) is 4.55. The number of aromatic nitrogens is 3. The summed E-state index contributed by atoms with van der Waals surface area (Å²) in [7, 11) is 1.91. The molecular formula is C27H25F2N3O2. The largest absolute Gasteiger partial charge is 0.471 e. The molecule has 0 radical (unpaired) electrons. The number of ketones is 1. The van der Waals surface area contributed by atoms with Gasteiger partial charge in [-0.1, -0.05) is 30.3 Å². The van der Waals surface area contributed by atoms with Crippen molar-refractivity contribution < 1.29 is 18.3 Å². The van der Waals surface area contributed by atoms with Crippen LogP contribution in [0.4, 0.5) is 8.78 Å². The Kier molecular flexibility index (Phi) is 5.63. The van der Waals surface area contributed by atoms with Gasteiger partial charge in [-0.25, -0.2) is 13.8 Å². The van der Waals surface area contributed by atoms with Gasteiger partial charge in [-0.2, -0.15) is 5.10 Å². The number of Topliss-reactive ketones (excluding diaryl/α,β-unsaturated/α-hetero) is 1. The van der Waals surface area contributed by atoms with Crippen molar-refractivity contribution in [3.63, 3.8) is 0 Å². The van der Waals surface area contributed by atoms with Crippen molar-refractivity contribution in [2.45, 2.75) is 32.1 Å². The van der Waals surface area contributed by atoms with Crippen LogP contribution in [-0.4, -0.2) is 33.1 Å². The lowest BCUT2D eigenvalue weighted by Gasteiger charge is -2.25. The van der Waals surface area contributed by atoms with Gasteiger partial charge in [0.25, 0.3) is 5.92 Å². The minimum Gasteiger partial charge on any atom is -0.471 e. The topological polar surface area (TPSA) is 57.0 Å². The lowest BCUT2D eigenvalue weighted by atomic mass is 9.80. The molecule has 1 atom stereocenters. The molecule has 0 aliphatic heterocycles. The lowest BCUT2D eigenvalue weighted by Crippen LogP contribution is -2.27. The number of benzene rings is 2. The first-order chi connectivity index (χ1) is 16.3. The summed E-state index contributed by atoms with van der Waals surface area (Å²) >= 11 is 0. The molecule has 1 unspecified atom stereocenters. The maximum Gasteiger partial charge on any atom is 0.278 e. The zero-order chi connectivity index (χ0) is 23.9. The number of hydrogen-bond donors (Lipinski definition) is 0. The zero-order valence-corrected chi connectivity index (χ0v) is 19.1. The van der Waals surface area contributed by atoms with Crippen LogP contribution in [0.15, 0.2) is 60.9 Å². The van der Waals surface area contributed by atoms with Crippen molar-refractivity contribution in [1.29, 1.82) is 0 Å². The summed E-state index contributed by atoms with van der Waals surface area (Å²) in [6.45, 7) is -0.0216. The van der Waals surface area contributed by atoms with E-state index >= 15 is 0 Å². The molecule has 1 aliphatic rings. The molecule has 4 aromatic rings. The summed E-state index contributed by atoms with van der Waals surface area (Å²) in [6, 6.07) is 16.2. The molecule has 2 aromatic heterocycles. The second kappa shape index (κ2) is 8.63. The van der Waals surface area contributed by atoms with Gasteiger partial charge in [0.1, 0.15) is 0 Å². The molecule has 5 rings (SSSR count). The minimum atomic E-state index is -3.00. The standard InChI is InChI=1S/C27H25F2N3O2/c1-27(28,29)16-34-26-24-19(11-12-30-26)7-8-21(25(24)33)13-17-3-5-18(6-4-17)20-9-10-23-22(14-20)15-32(2)31-23/h3-6,9-12,14-15,21H,7-8,13,16H2,1-2H3. The molecule has 2 heterocycles. The normalized spacial score (nSPS) is 16.0. The van der Waals surface area contributed by atoms with Crippen LogP contribution >= 0.6 is 0 Å². The second-order valence-electron chi connectivity index (χ2n) is 9.09.